The van der Waals surface area contributed by atoms with Gasteiger partial charge in [-0.2, -0.15) is 0 Å². The Morgan fingerprint density at radius 1 is 1.23 bits per heavy atom. The summed E-state index contributed by atoms with van der Waals surface area (Å²) in [7, 11) is 0. The standard InChI is InChI=1S/C13H17BrN2O6/c14-7-3-1-2-6(4-7)12(21)15-16-13-11(20)10(19)9(18)8(5-17)22-13/h1-4,8-11,13,16-20H,5H2,(H,15,21)/t8-,9+,10+,11-,13-/m1/s1. The molecule has 5 atom stereocenters. The summed E-state index contributed by atoms with van der Waals surface area (Å²) < 4.78 is 5.93. The maximum Gasteiger partial charge on any atom is 0.265 e. The summed E-state index contributed by atoms with van der Waals surface area (Å²) >= 11 is 3.25. The average molecular weight is 377 g/mol. The number of nitrogens with one attached hydrogen (secondary N) is 2. The fourth-order valence-electron chi connectivity index (χ4n) is 2.06. The molecule has 0 radical (unpaired) electrons. The molecule has 0 bridgehead atoms. The highest BCUT2D eigenvalue weighted by molar-refractivity contribution is 9.10. The molecule has 6 N–H and O–H groups in total. The van der Waals surface area contributed by atoms with Crippen LogP contribution in [0.5, 0.6) is 0 Å². The monoisotopic (exact) mass is 376 g/mol. The number of amides is 1. The molecule has 0 aromatic heterocycles. The van der Waals surface area contributed by atoms with E-state index in [0.29, 0.717) is 5.56 Å². The lowest BCUT2D eigenvalue weighted by molar-refractivity contribution is -0.238. The molecule has 122 valence electrons. The molecule has 1 aromatic carbocycles. The van der Waals surface area contributed by atoms with Crippen LogP contribution < -0.4 is 10.9 Å². The Bertz CT molecular complexity index is 529. The van der Waals surface area contributed by atoms with E-state index in [1.165, 1.54) is 0 Å². The van der Waals surface area contributed by atoms with E-state index in [0.717, 1.165) is 4.47 Å². The van der Waals surface area contributed by atoms with E-state index in [1.54, 1.807) is 24.3 Å². The Morgan fingerprint density at radius 2 is 1.95 bits per heavy atom. The fraction of sp³-hybridized carbons (Fsp3) is 0.462. The number of hydrogen-bond acceptors (Lipinski definition) is 7. The molecule has 1 fully saturated rings. The maximum absolute atomic E-state index is 12.0. The van der Waals surface area contributed by atoms with E-state index in [2.05, 4.69) is 26.8 Å². The lowest BCUT2D eigenvalue weighted by Gasteiger charge is -2.40. The van der Waals surface area contributed by atoms with Gasteiger partial charge in [0.2, 0.25) is 0 Å². The second kappa shape index (κ2) is 7.47. The number of benzene rings is 1. The van der Waals surface area contributed by atoms with Crippen LogP contribution in [-0.2, 0) is 4.74 Å². The zero-order valence-electron chi connectivity index (χ0n) is 11.4. The number of hydrogen-bond donors (Lipinski definition) is 6. The van der Waals surface area contributed by atoms with Gasteiger partial charge in [-0.3, -0.25) is 10.2 Å². The lowest BCUT2D eigenvalue weighted by atomic mass is 9.99. The Labute approximate surface area is 134 Å². The number of carbonyl (C=O) groups excluding carboxylic acids is 1. The van der Waals surface area contributed by atoms with Crippen molar-refractivity contribution in [3.63, 3.8) is 0 Å². The highest BCUT2D eigenvalue weighted by Crippen LogP contribution is 2.19. The molecule has 8 nitrogen and oxygen atoms in total. The molecule has 0 aliphatic carbocycles. The Balaban J connectivity index is 1.97. The Hall–Kier alpha value is -1.07. The lowest BCUT2D eigenvalue weighted by Crippen LogP contribution is -2.64. The first-order chi connectivity index (χ1) is 10.4. The predicted molar refractivity (Wildman–Crippen MR) is 78.5 cm³/mol. The van der Waals surface area contributed by atoms with Gasteiger partial charge in [0.15, 0.2) is 6.23 Å². The molecule has 9 heteroatoms. The minimum atomic E-state index is -1.51. The third-order valence-electron chi connectivity index (χ3n) is 3.31. The second-order valence-electron chi connectivity index (χ2n) is 4.86. The van der Waals surface area contributed by atoms with Gasteiger partial charge in [-0.25, -0.2) is 5.43 Å². The summed E-state index contributed by atoms with van der Waals surface area (Å²) in [5, 5.41) is 38.2. The van der Waals surface area contributed by atoms with Crippen molar-refractivity contribution in [3.05, 3.63) is 34.3 Å². The van der Waals surface area contributed by atoms with Crippen molar-refractivity contribution >= 4 is 21.8 Å². The average Bonchev–Trinajstić information content (AvgIpc) is 2.51. The first-order valence-electron chi connectivity index (χ1n) is 6.56. The quantitative estimate of drug-likeness (QED) is 0.352. The molecule has 0 unspecified atom stereocenters. The van der Waals surface area contributed by atoms with Crippen molar-refractivity contribution in [2.75, 3.05) is 6.61 Å². The van der Waals surface area contributed by atoms with Crippen molar-refractivity contribution in [1.29, 1.82) is 0 Å². The first kappa shape index (κ1) is 17.3. The summed E-state index contributed by atoms with van der Waals surface area (Å²) in [6.07, 6.45) is -6.64. The summed E-state index contributed by atoms with van der Waals surface area (Å²) in [6, 6.07) is 6.65. The zero-order chi connectivity index (χ0) is 16.3. The number of aliphatic hydroxyl groups excluding tert-OH is 4. The topological polar surface area (TPSA) is 131 Å². The first-order valence-corrected chi connectivity index (χ1v) is 7.35. The molecule has 1 saturated heterocycles. The van der Waals surface area contributed by atoms with Gasteiger partial charge in [0.05, 0.1) is 6.61 Å². The van der Waals surface area contributed by atoms with Crippen LogP contribution >= 0.6 is 15.9 Å². The Morgan fingerprint density at radius 3 is 2.59 bits per heavy atom. The minimum Gasteiger partial charge on any atom is -0.394 e. The van der Waals surface area contributed by atoms with Crippen LogP contribution in [0.15, 0.2) is 28.7 Å². The second-order valence-corrected chi connectivity index (χ2v) is 5.77. The van der Waals surface area contributed by atoms with E-state index >= 15 is 0 Å². The van der Waals surface area contributed by atoms with Gasteiger partial charge in [0, 0.05) is 10.0 Å². The van der Waals surface area contributed by atoms with Gasteiger partial charge in [-0.15, -0.1) is 0 Å². The molecular weight excluding hydrogens is 360 g/mol. The van der Waals surface area contributed by atoms with E-state index in [1.807, 2.05) is 0 Å². The van der Waals surface area contributed by atoms with Crippen LogP contribution in [0.2, 0.25) is 0 Å². The van der Waals surface area contributed by atoms with E-state index in [4.69, 9.17) is 9.84 Å². The molecule has 0 saturated carbocycles. The molecule has 1 aliphatic heterocycles. The van der Waals surface area contributed by atoms with E-state index < -0.39 is 43.2 Å². The number of aliphatic hydroxyl groups is 4. The third-order valence-corrected chi connectivity index (χ3v) is 3.80. The molecule has 0 spiro atoms. The number of carbonyl (C=O) groups is 1. The number of hydrazine groups is 1. The van der Waals surface area contributed by atoms with Crippen LogP contribution in [0, 0.1) is 0 Å². The molecule has 1 aromatic rings. The molecule has 1 heterocycles. The van der Waals surface area contributed by atoms with Crippen molar-refractivity contribution in [1.82, 2.24) is 10.9 Å². The molecule has 2 rings (SSSR count). The summed E-state index contributed by atoms with van der Waals surface area (Å²) in [5.41, 5.74) is 5.14. The SMILES string of the molecule is O=C(NN[C@@H]1O[C@H](CO)[C@H](O)[C@H](O)[C@H]1O)c1cccc(Br)c1. The van der Waals surface area contributed by atoms with Gasteiger partial charge < -0.3 is 25.2 Å². The van der Waals surface area contributed by atoms with Crippen LogP contribution in [0.1, 0.15) is 10.4 Å². The van der Waals surface area contributed by atoms with Crippen molar-refractivity contribution in [2.24, 2.45) is 0 Å². The van der Waals surface area contributed by atoms with Gasteiger partial charge >= 0.3 is 0 Å². The van der Waals surface area contributed by atoms with Crippen LogP contribution in [-0.4, -0.2) is 63.6 Å². The Kier molecular flexibility index (Phi) is 5.87. The maximum atomic E-state index is 12.0. The number of rotatable bonds is 4. The van der Waals surface area contributed by atoms with Crippen molar-refractivity contribution in [2.45, 2.75) is 30.6 Å². The summed E-state index contributed by atoms with van der Waals surface area (Å²) in [6.45, 7) is -0.539. The van der Waals surface area contributed by atoms with Gasteiger partial charge in [0.25, 0.3) is 5.91 Å². The highest BCUT2D eigenvalue weighted by Gasteiger charge is 2.43. The van der Waals surface area contributed by atoms with Gasteiger partial charge in [0.1, 0.15) is 24.4 Å². The normalized spacial score (nSPS) is 31.8. The number of ether oxygens (including phenoxy) is 1. The van der Waals surface area contributed by atoms with Crippen molar-refractivity contribution in [3.8, 4) is 0 Å². The van der Waals surface area contributed by atoms with E-state index in [-0.39, 0.29) is 0 Å². The zero-order valence-corrected chi connectivity index (χ0v) is 13.0. The predicted octanol–water partition coefficient (Wildman–Crippen LogP) is -1.52. The van der Waals surface area contributed by atoms with Crippen LogP contribution in [0.3, 0.4) is 0 Å². The van der Waals surface area contributed by atoms with Gasteiger partial charge in [-0.05, 0) is 18.2 Å². The summed E-state index contributed by atoms with van der Waals surface area (Å²) in [5.74, 6) is -0.474. The fourth-order valence-corrected chi connectivity index (χ4v) is 2.46. The van der Waals surface area contributed by atoms with Crippen LogP contribution in [0.4, 0.5) is 0 Å². The smallest absolute Gasteiger partial charge is 0.265 e. The van der Waals surface area contributed by atoms with Crippen molar-refractivity contribution < 1.29 is 30.0 Å². The highest BCUT2D eigenvalue weighted by atomic mass is 79.9. The van der Waals surface area contributed by atoms with Crippen LogP contribution in [0.25, 0.3) is 0 Å². The number of halogens is 1. The molecule has 1 amide bonds. The minimum absolute atomic E-state index is 0.367. The molecule has 1 aliphatic rings. The summed E-state index contributed by atoms with van der Waals surface area (Å²) in [4.78, 5) is 12.0. The molecule has 22 heavy (non-hydrogen) atoms. The van der Waals surface area contributed by atoms with E-state index in [9.17, 15) is 20.1 Å². The van der Waals surface area contributed by atoms with Gasteiger partial charge in [-0.1, -0.05) is 22.0 Å². The largest absolute Gasteiger partial charge is 0.394 e. The third kappa shape index (κ3) is 3.82. The molecular formula is C13H17BrN2O6.